The molecule has 0 aliphatic heterocycles. The van der Waals surface area contributed by atoms with Crippen molar-refractivity contribution < 1.29 is 4.74 Å². The van der Waals surface area contributed by atoms with Crippen LogP contribution < -0.4 is 4.74 Å². The Kier molecular flexibility index (Phi) is 2.62. The summed E-state index contributed by atoms with van der Waals surface area (Å²) in [5, 5.41) is 0. The van der Waals surface area contributed by atoms with E-state index in [2.05, 4.69) is 15.0 Å². The summed E-state index contributed by atoms with van der Waals surface area (Å²) in [6, 6.07) is 0. The molecule has 2 heterocycles. The average Bonchev–Trinajstić information content (AvgIpc) is 2.74. The summed E-state index contributed by atoms with van der Waals surface area (Å²) in [6.45, 7) is 4.46. The summed E-state index contributed by atoms with van der Waals surface area (Å²) in [4.78, 5) is 12.2. The summed E-state index contributed by atoms with van der Waals surface area (Å²) in [5.74, 6) is 1.42. The quantitative estimate of drug-likeness (QED) is 0.757. The van der Waals surface area contributed by atoms with E-state index in [1.54, 1.807) is 12.5 Å². The van der Waals surface area contributed by atoms with Gasteiger partial charge in [0.2, 0.25) is 5.88 Å². The largest absolute Gasteiger partial charge is 0.478 e. The summed E-state index contributed by atoms with van der Waals surface area (Å²) in [5.41, 5.74) is 0.914. The SMILES string of the molecule is CCOc1ncnc(-n2ccnc2)c1C. The predicted octanol–water partition coefficient (Wildman–Crippen LogP) is 1.37. The van der Waals surface area contributed by atoms with Gasteiger partial charge in [0, 0.05) is 12.4 Å². The topological polar surface area (TPSA) is 52.8 Å². The molecule has 0 atom stereocenters. The number of aromatic nitrogens is 4. The molecule has 0 fully saturated rings. The molecule has 5 heteroatoms. The van der Waals surface area contributed by atoms with Gasteiger partial charge in [-0.3, -0.25) is 4.57 Å². The van der Waals surface area contributed by atoms with Crippen molar-refractivity contribution in [2.45, 2.75) is 13.8 Å². The van der Waals surface area contributed by atoms with E-state index in [0.29, 0.717) is 12.5 Å². The minimum Gasteiger partial charge on any atom is -0.478 e. The van der Waals surface area contributed by atoms with E-state index in [4.69, 9.17) is 4.74 Å². The predicted molar refractivity (Wildman–Crippen MR) is 55.1 cm³/mol. The molecule has 0 aliphatic rings. The van der Waals surface area contributed by atoms with Gasteiger partial charge in [0.1, 0.15) is 18.5 Å². The second kappa shape index (κ2) is 4.08. The van der Waals surface area contributed by atoms with Crippen LogP contribution in [0.1, 0.15) is 12.5 Å². The standard InChI is InChI=1S/C10H12N4O/c1-3-15-10-8(2)9(12-6-13-10)14-5-4-11-7-14/h4-7H,3H2,1-2H3. The molecule has 2 aromatic heterocycles. The van der Waals surface area contributed by atoms with Gasteiger partial charge in [-0.25, -0.2) is 15.0 Å². The minimum absolute atomic E-state index is 0.598. The lowest BCUT2D eigenvalue weighted by molar-refractivity contribution is 0.323. The lowest BCUT2D eigenvalue weighted by atomic mass is 10.3. The van der Waals surface area contributed by atoms with Crippen LogP contribution >= 0.6 is 0 Å². The number of imidazole rings is 1. The molecule has 0 bridgehead atoms. The molecule has 5 nitrogen and oxygen atoms in total. The molecule has 0 spiro atoms. The van der Waals surface area contributed by atoms with E-state index in [1.165, 1.54) is 6.33 Å². The van der Waals surface area contributed by atoms with E-state index in [-0.39, 0.29) is 0 Å². The fraction of sp³-hybridized carbons (Fsp3) is 0.300. The second-order valence-electron chi connectivity index (χ2n) is 3.03. The molecule has 0 saturated heterocycles. The molecular formula is C10H12N4O. The Labute approximate surface area is 87.8 Å². The maximum absolute atomic E-state index is 5.39. The number of hydrogen-bond donors (Lipinski definition) is 0. The number of rotatable bonds is 3. The molecule has 2 rings (SSSR count). The van der Waals surface area contributed by atoms with Gasteiger partial charge in [-0.05, 0) is 13.8 Å². The van der Waals surface area contributed by atoms with E-state index in [1.807, 2.05) is 24.6 Å². The van der Waals surface area contributed by atoms with Crippen molar-refractivity contribution in [1.82, 2.24) is 19.5 Å². The van der Waals surface area contributed by atoms with Crippen LogP contribution in [-0.2, 0) is 0 Å². The van der Waals surface area contributed by atoms with E-state index >= 15 is 0 Å². The van der Waals surface area contributed by atoms with E-state index in [9.17, 15) is 0 Å². The van der Waals surface area contributed by atoms with E-state index < -0.39 is 0 Å². The van der Waals surface area contributed by atoms with Gasteiger partial charge in [0.25, 0.3) is 0 Å². The second-order valence-corrected chi connectivity index (χ2v) is 3.03. The molecule has 0 saturated carbocycles. The van der Waals surface area contributed by atoms with Crippen molar-refractivity contribution in [2.75, 3.05) is 6.61 Å². The third-order valence-corrected chi connectivity index (χ3v) is 2.04. The van der Waals surface area contributed by atoms with Crippen molar-refractivity contribution >= 4 is 0 Å². The van der Waals surface area contributed by atoms with Crippen LogP contribution in [0.4, 0.5) is 0 Å². The number of ether oxygens (including phenoxy) is 1. The van der Waals surface area contributed by atoms with Crippen molar-refractivity contribution in [3.63, 3.8) is 0 Å². The lowest BCUT2D eigenvalue weighted by Crippen LogP contribution is -2.03. The first kappa shape index (κ1) is 9.64. The fourth-order valence-electron chi connectivity index (χ4n) is 1.35. The van der Waals surface area contributed by atoms with Crippen LogP contribution in [0, 0.1) is 6.92 Å². The first-order valence-corrected chi connectivity index (χ1v) is 4.75. The third kappa shape index (κ3) is 1.81. The highest BCUT2D eigenvalue weighted by Gasteiger charge is 2.08. The Morgan fingerprint density at radius 1 is 1.40 bits per heavy atom. The van der Waals surface area contributed by atoms with Crippen LogP contribution in [0.5, 0.6) is 5.88 Å². The zero-order valence-corrected chi connectivity index (χ0v) is 8.71. The third-order valence-electron chi connectivity index (χ3n) is 2.04. The molecular weight excluding hydrogens is 192 g/mol. The molecule has 0 radical (unpaired) electrons. The van der Waals surface area contributed by atoms with Crippen LogP contribution in [0.3, 0.4) is 0 Å². The maximum Gasteiger partial charge on any atom is 0.221 e. The Hall–Kier alpha value is -1.91. The molecule has 15 heavy (non-hydrogen) atoms. The zero-order valence-electron chi connectivity index (χ0n) is 8.71. The average molecular weight is 204 g/mol. The smallest absolute Gasteiger partial charge is 0.221 e. The molecule has 0 amide bonds. The highest BCUT2D eigenvalue weighted by Crippen LogP contribution is 2.18. The van der Waals surface area contributed by atoms with Crippen molar-refractivity contribution in [1.29, 1.82) is 0 Å². The van der Waals surface area contributed by atoms with Crippen LogP contribution in [0.25, 0.3) is 5.82 Å². The lowest BCUT2D eigenvalue weighted by Gasteiger charge is -2.09. The molecule has 0 aromatic carbocycles. The van der Waals surface area contributed by atoms with Gasteiger partial charge in [-0.15, -0.1) is 0 Å². The monoisotopic (exact) mass is 204 g/mol. The summed E-state index contributed by atoms with van der Waals surface area (Å²) >= 11 is 0. The normalized spacial score (nSPS) is 10.3. The molecule has 0 aliphatic carbocycles. The zero-order chi connectivity index (χ0) is 10.7. The van der Waals surface area contributed by atoms with Gasteiger partial charge in [0.05, 0.1) is 12.2 Å². The molecule has 78 valence electrons. The van der Waals surface area contributed by atoms with Crippen molar-refractivity contribution in [2.24, 2.45) is 0 Å². The molecule has 0 N–H and O–H groups in total. The summed E-state index contributed by atoms with van der Waals surface area (Å²) in [6.07, 6.45) is 6.74. The number of hydrogen-bond acceptors (Lipinski definition) is 4. The molecule has 2 aromatic rings. The fourth-order valence-corrected chi connectivity index (χ4v) is 1.35. The Balaban J connectivity index is 2.45. The van der Waals surface area contributed by atoms with E-state index in [0.717, 1.165) is 11.4 Å². The highest BCUT2D eigenvalue weighted by molar-refractivity contribution is 5.38. The summed E-state index contributed by atoms with van der Waals surface area (Å²) < 4.78 is 7.22. The van der Waals surface area contributed by atoms with Crippen LogP contribution in [0.15, 0.2) is 25.0 Å². The first-order chi connectivity index (χ1) is 7.33. The van der Waals surface area contributed by atoms with Gasteiger partial charge in [-0.2, -0.15) is 0 Å². The molecule has 0 unspecified atom stereocenters. The van der Waals surface area contributed by atoms with Crippen molar-refractivity contribution in [3.8, 4) is 11.7 Å². The highest BCUT2D eigenvalue weighted by atomic mass is 16.5. The Morgan fingerprint density at radius 2 is 2.27 bits per heavy atom. The van der Waals surface area contributed by atoms with Gasteiger partial charge in [0.15, 0.2) is 0 Å². The Bertz CT molecular complexity index is 439. The number of nitrogens with zero attached hydrogens (tertiary/aromatic N) is 4. The Morgan fingerprint density at radius 3 is 2.93 bits per heavy atom. The van der Waals surface area contributed by atoms with Gasteiger partial charge in [-0.1, -0.05) is 0 Å². The summed E-state index contributed by atoms with van der Waals surface area (Å²) in [7, 11) is 0. The minimum atomic E-state index is 0.598. The van der Waals surface area contributed by atoms with Crippen molar-refractivity contribution in [3.05, 3.63) is 30.6 Å². The van der Waals surface area contributed by atoms with Crippen LogP contribution in [0.2, 0.25) is 0 Å². The van der Waals surface area contributed by atoms with Gasteiger partial charge < -0.3 is 4.74 Å². The van der Waals surface area contributed by atoms with Gasteiger partial charge >= 0.3 is 0 Å². The van der Waals surface area contributed by atoms with Crippen LogP contribution in [-0.4, -0.2) is 26.1 Å². The maximum atomic E-state index is 5.39. The first-order valence-electron chi connectivity index (χ1n) is 4.75.